The number of benzodiazepines with no additional fused rings is 1. The second-order valence-electron chi connectivity index (χ2n) is 9.37. The third-order valence-corrected chi connectivity index (χ3v) is 6.58. The number of amides is 2. The van der Waals surface area contributed by atoms with Gasteiger partial charge in [-0.05, 0) is 31.2 Å². The van der Waals surface area contributed by atoms with Crippen molar-refractivity contribution in [2.75, 3.05) is 5.32 Å². The molecule has 2 amide bonds. The quantitative estimate of drug-likeness (QED) is 0.331. The first-order valence-electron chi connectivity index (χ1n) is 11.8. The highest BCUT2D eigenvalue weighted by molar-refractivity contribution is 6.20. The zero-order chi connectivity index (χ0) is 26.8. The number of aliphatic imine (C=N–C) groups is 1. The van der Waals surface area contributed by atoms with Crippen LogP contribution in [0.3, 0.4) is 0 Å². The number of hydrogen-bond donors (Lipinski definition) is 3. The molecule has 2 atom stereocenters. The van der Waals surface area contributed by atoms with Crippen molar-refractivity contribution < 1.29 is 37.1 Å². The van der Waals surface area contributed by atoms with E-state index in [1.807, 2.05) is 0 Å². The van der Waals surface area contributed by atoms with Gasteiger partial charge in [0, 0.05) is 17.5 Å². The summed E-state index contributed by atoms with van der Waals surface area (Å²) in [4.78, 5) is 43.2. The minimum Gasteiger partial charge on any atom is -0.480 e. The van der Waals surface area contributed by atoms with Crippen molar-refractivity contribution in [1.29, 1.82) is 0 Å². The van der Waals surface area contributed by atoms with Crippen LogP contribution in [0.2, 0.25) is 0 Å². The molecule has 11 heteroatoms. The normalized spacial score (nSPS) is 19.1. The van der Waals surface area contributed by atoms with Crippen molar-refractivity contribution in [2.45, 2.75) is 50.9 Å². The maximum Gasteiger partial charge on any atom is 0.389 e. The third-order valence-electron chi connectivity index (χ3n) is 6.58. The van der Waals surface area contributed by atoms with Gasteiger partial charge in [-0.25, -0.2) is 9.38 Å². The first-order chi connectivity index (χ1) is 17.5. The van der Waals surface area contributed by atoms with Gasteiger partial charge in [-0.2, -0.15) is 13.2 Å². The van der Waals surface area contributed by atoms with E-state index in [9.17, 15) is 37.1 Å². The molecule has 7 nitrogen and oxygen atoms in total. The lowest BCUT2D eigenvalue weighted by Crippen LogP contribution is -2.52. The van der Waals surface area contributed by atoms with Crippen LogP contribution in [0.4, 0.5) is 23.2 Å². The number of rotatable bonds is 9. The zero-order valence-electron chi connectivity index (χ0n) is 19.6. The van der Waals surface area contributed by atoms with E-state index in [4.69, 9.17) is 0 Å². The lowest BCUT2D eigenvalue weighted by Gasteiger charge is -2.29. The van der Waals surface area contributed by atoms with Crippen molar-refractivity contribution in [3.63, 3.8) is 0 Å². The maximum absolute atomic E-state index is 14.7. The fraction of sp³-hybridized carbons (Fsp3) is 0.385. The van der Waals surface area contributed by atoms with E-state index in [0.29, 0.717) is 18.4 Å². The summed E-state index contributed by atoms with van der Waals surface area (Å²) >= 11 is 0. The minimum atomic E-state index is -4.51. The Balaban J connectivity index is 1.69. The summed E-state index contributed by atoms with van der Waals surface area (Å²) in [7, 11) is 0. The molecule has 0 bridgehead atoms. The molecule has 1 heterocycles. The second-order valence-corrected chi connectivity index (χ2v) is 9.37. The molecule has 0 saturated heterocycles. The number of alkyl halides is 3. The average Bonchev–Trinajstić information content (AvgIpc) is 3.66. The van der Waals surface area contributed by atoms with Gasteiger partial charge in [0.05, 0.1) is 11.4 Å². The van der Waals surface area contributed by atoms with E-state index in [1.165, 1.54) is 6.07 Å². The minimum absolute atomic E-state index is 0.113. The number of carbonyl (C=O) groups excluding carboxylic acids is 2. The fourth-order valence-electron chi connectivity index (χ4n) is 4.49. The molecule has 1 fully saturated rings. The number of carboxylic acids is 1. The Morgan fingerprint density at radius 2 is 1.76 bits per heavy atom. The van der Waals surface area contributed by atoms with Gasteiger partial charge in [0.15, 0.2) is 0 Å². The molecule has 1 saturated carbocycles. The Morgan fingerprint density at radius 3 is 2.38 bits per heavy atom. The highest BCUT2D eigenvalue weighted by Crippen LogP contribution is 2.44. The summed E-state index contributed by atoms with van der Waals surface area (Å²) in [5, 5.41) is 14.8. The van der Waals surface area contributed by atoms with E-state index in [2.05, 4.69) is 15.6 Å². The van der Waals surface area contributed by atoms with Gasteiger partial charge >= 0.3 is 12.1 Å². The molecule has 2 aromatic rings. The number of fused-ring (bicyclic) bond motifs is 1. The standard InChI is InChI=1S/C26H25F4N3O4/c27-18-9-4-8-17-19(16-6-2-1-3-7-16)31-21(22(34)32-20(17)18)33-23(35)25(24(36)37,14-15-10-11-15)12-5-13-26(28,29)30/h1-4,6-9,15,21H,5,10-14H2,(H,32,34)(H,33,35)(H,36,37)/t21-,25?/m1/s1. The van der Waals surface area contributed by atoms with Crippen LogP contribution in [0.5, 0.6) is 0 Å². The van der Waals surface area contributed by atoms with Crippen LogP contribution in [-0.4, -0.2) is 40.9 Å². The molecule has 37 heavy (non-hydrogen) atoms. The van der Waals surface area contributed by atoms with E-state index >= 15 is 0 Å². The number of aliphatic carboxylic acids is 1. The summed E-state index contributed by atoms with van der Waals surface area (Å²) in [6.45, 7) is 0. The molecule has 1 unspecified atom stereocenters. The molecule has 0 radical (unpaired) electrons. The molecule has 1 aliphatic carbocycles. The second kappa shape index (κ2) is 10.3. The number of carbonyl (C=O) groups is 3. The van der Waals surface area contributed by atoms with Gasteiger partial charge in [0.25, 0.3) is 5.91 Å². The number of nitrogens with one attached hydrogen (secondary N) is 2. The van der Waals surface area contributed by atoms with Crippen LogP contribution in [0.1, 0.15) is 49.7 Å². The molecular weight excluding hydrogens is 494 g/mol. The molecule has 4 rings (SSSR count). The topological polar surface area (TPSA) is 108 Å². The Bertz CT molecular complexity index is 1230. The largest absolute Gasteiger partial charge is 0.480 e. The zero-order valence-corrected chi connectivity index (χ0v) is 19.6. The lowest BCUT2D eigenvalue weighted by atomic mass is 9.77. The molecule has 3 N–H and O–H groups in total. The highest BCUT2D eigenvalue weighted by atomic mass is 19.4. The molecule has 1 aliphatic heterocycles. The van der Waals surface area contributed by atoms with Crippen LogP contribution < -0.4 is 10.6 Å². The molecule has 2 aliphatic rings. The summed E-state index contributed by atoms with van der Waals surface area (Å²) in [6.07, 6.45) is -7.34. The summed E-state index contributed by atoms with van der Waals surface area (Å²) in [5.41, 5.74) is -1.38. The molecular formula is C26H25F4N3O4. The molecule has 2 aromatic carbocycles. The van der Waals surface area contributed by atoms with Crippen molar-refractivity contribution in [3.8, 4) is 0 Å². The Morgan fingerprint density at radius 1 is 1.05 bits per heavy atom. The van der Waals surface area contributed by atoms with Gasteiger partial charge in [-0.3, -0.25) is 14.4 Å². The van der Waals surface area contributed by atoms with Crippen molar-refractivity contribution in [3.05, 3.63) is 65.5 Å². The van der Waals surface area contributed by atoms with Crippen molar-refractivity contribution in [2.24, 2.45) is 16.3 Å². The average molecular weight is 519 g/mol. The first kappa shape index (κ1) is 26.3. The smallest absolute Gasteiger partial charge is 0.389 e. The maximum atomic E-state index is 14.7. The summed E-state index contributed by atoms with van der Waals surface area (Å²) < 4.78 is 53.0. The predicted octanol–water partition coefficient (Wildman–Crippen LogP) is 4.66. The third kappa shape index (κ3) is 5.98. The summed E-state index contributed by atoms with van der Waals surface area (Å²) in [6, 6.07) is 12.6. The van der Waals surface area contributed by atoms with Crippen molar-refractivity contribution in [1.82, 2.24) is 5.32 Å². The molecule has 0 aromatic heterocycles. The van der Waals surface area contributed by atoms with E-state index in [0.717, 1.165) is 6.07 Å². The number of benzene rings is 2. The van der Waals surface area contributed by atoms with Crippen LogP contribution in [-0.2, 0) is 14.4 Å². The number of halogens is 4. The summed E-state index contributed by atoms with van der Waals surface area (Å²) in [5.74, 6) is -4.42. The highest BCUT2D eigenvalue weighted by Gasteiger charge is 2.50. The van der Waals surface area contributed by atoms with Crippen LogP contribution in [0.15, 0.2) is 53.5 Å². The lowest BCUT2D eigenvalue weighted by molar-refractivity contribution is -0.161. The Labute approximate surface area is 210 Å². The van der Waals surface area contributed by atoms with Crippen LogP contribution in [0.25, 0.3) is 0 Å². The van der Waals surface area contributed by atoms with Gasteiger partial charge in [0.1, 0.15) is 11.2 Å². The number of carboxylic acid groups (broad SMARTS) is 1. The predicted molar refractivity (Wildman–Crippen MR) is 126 cm³/mol. The molecule has 196 valence electrons. The Hall–Kier alpha value is -3.76. The van der Waals surface area contributed by atoms with E-state index in [-0.39, 0.29) is 29.3 Å². The van der Waals surface area contributed by atoms with Crippen LogP contribution in [0, 0.1) is 17.2 Å². The number of hydrogen-bond acceptors (Lipinski definition) is 4. The number of nitrogens with zero attached hydrogens (tertiary/aromatic N) is 1. The monoisotopic (exact) mass is 519 g/mol. The SMILES string of the molecule is O=C1Nc2c(F)cccc2C(c2ccccc2)=N[C@@H]1NC(=O)C(CCCC(F)(F)F)(CC1CC1)C(=O)O. The van der Waals surface area contributed by atoms with Gasteiger partial charge in [-0.15, -0.1) is 0 Å². The van der Waals surface area contributed by atoms with E-state index in [1.54, 1.807) is 36.4 Å². The number of para-hydroxylation sites is 1. The van der Waals surface area contributed by atoms with Gasteiger partial charge in [-0.1, -0.05) is 55.3 Å². The molecule has 0 spiro atoms. The van der Waals surface area contributed by atoms with Gasteiger partial charge < -0.3 is 15.7 Å². The van der Waals surface area contributed by atoms with Crippen molar-refractivity contribution >= 4 is 29.2 Å². The number of anilines is 1. The Kier molecular flexibility index (Phi) is 7.33. The van der Waals surface area contributed by atoms with Crippen LogP contribution >= 0.6 is 0 Å². The van der Waals surface area contributed by atoms with Gasteiger partial charge in [0.2, 0.25) is 12.1 Å². The first-order valence-corrected chi connectivity index (χ1v) is 11.8. The van der Waals surface area contributed by atoms with E-state index < -0.39 is 60.6 Å². The fourth-order valence-corrected chi connectivity index (χ4v) is 4.49.